The second-order valence-electron chi connectivity index (χ2n) is 5.49. The van der Waals surface area contributed by atoms with Crippen molar-refractivity contribution in [2.45, 2.75) is 37.5 Å². The van der Waals surface area contributed by atoms with Gasteiger partial charge < -0.3 is 5.32 Å². The van der Waals surface area contributed by atoms with Gasteiger partial charge in [-0.25, -0.2) is 17.9 Å². The lowest BCUT2D eigenvalue weighted by Crippen LogP contribution is -2.26. The molecule has 0 spiro atoms. The van der Waals surface area contributed by atoms with Crippen LogP contribution in [0.15, 0.2) is 17.0 Å². The minimum Gasteiger partial charge on any atom is -0.352 e. The number of sulfonamides is 1. The smallest absolute Gasteiger partial charge is 0.254 e. The van der Waals surface area contributed by atoms with Crippen LogP contribution in [0.4, 0.5) is 4.39 Å². The lowest BCUT2D eigenvalue weighted by Gasteiger charge is -2.09. The van der Waals surface area contributed by atoms with Crippen molar-refractivity contribution in [2.24, 2.45) is 11.1 Å². The van der Waals surface area contributed by atoms with Crippen LogP contribution >= 0.6 is 0 Å². The third-order valence-electron chi connectivity index (χ3n) is 3.57. The fraction of sp³-hybridized carbons (Fsp3) is 0.500. The van der Waals surface area contributed by atoms with E-state index in [-0.39, 0.29) is 16.0 Å². The zero-order valence-corrected chi connectivity index (χ0v) is 12.7. The third kappa shape index (κ3) is 4.25. The summed E-state index contributed by atoms with van der Waals surface area (Å²) in [6.45, 7) is 1.85. The number of halogens is 1. The number of nitrogens with one attached hydrogen (secondary N) is 1. The van der Waals surface area contributed by atoms with Gasteiger partial charge >= 0.3 is 0 Å². The summed E-state index contributed by atoms with van der Waals surface area (Å²) in [5, 5.41) is 7.64. The predicted molar refractivity (Wildman–Crippen MR) is 76.8 cm³/mol. The third-order valence-corrected chi connectivity index (χ3v) is 4.47. The first-order valence-corrected chi connectivity index (χ1v) is 8.45. The molecule has 0 unspecified atom stereocenters. The van der Waals surface area contributed by atoms with Crippen molar-refractivity contribution >= 4 is 15.9 Å². The highest BCUT2D eigenvalue weighted by Crippen LogP contribution is 2.33. The van der Waals surface area contributed by atoms with Gasteiger partial charge in [0.15, 0.2) is 0 Å². The highest BCUT2D eigenvalue weighted by molar-refractivity contribution is 7.89. The first-order valence-electron chi connectivity index (χ1n) is 6.90. The normalized spacial score (nSPS) is 15.0. The summed E-state index contributed by atoms with van der Waals surface area (Å²) in [5.74, 6) is -0.564. The van der Waals surface area contributed by atoms with Crippen LogP contribution in [0.2, 0.25) is 0 Å². The van der Waals surface area contributed by atoms with Crippen LogP contribution < -0.4 is 10.5 Å². The molecule has 2 rings (SSSR count). The van der Waals surface area contributed by atoms with E-state index in [1.54, 1.807) is 0 Å². The van der Waals surface area contributed by atoms with E-state index in [4.69, 9.17) is 5.14 Å². The largest absolute Gasteiger partial charge is 0.352 e. The van der Waals surface area contributed by atoms with E-state index >= 15 is 0 Å². The Labute approximate surface area is 123 Å². The molecule has 7 heteroatoms. The molecule has 0 heterocycles. The minimum atomic E-state index is -3.97. The van der Waals surface area contributed by atoms with Gasteiger partial charge in [-0.3, -0.25) is 4.79 Å². The molecule has 0 saturated heterocycles. The number of benzene rings is 1. The number of rotatable bonds is 6. The quantitative estimate of drug-likeness (QED) is 0.783. The maximum Gasteiger partial charge on any atom is 0.254 e. The second-order valence-corrected chi connectivity index (χ2v) is 7.05. The molecule has 3 N–H and O–H groups in total. The average Bonchev–Trinajstić information content (AvgIpc) is 3.20. The molecule has 0 atom stereocenters. The number of hydrogen-bond donors (Lipinski definition) is 2. The summed E-state index contributed by atoms with van der Waals surface area (Å²) in [4.78, 5) is 11.7. The molecule has 0 aromatic heterocycles. The topological polar surface area (TPSA) is 89.3 Å². The van der Waals surface area contributed by atoms with Crippen molar-refractivity contribution in [1.82, 2.24) is 5.32 Å². The van der Waals surface area contributed by atoms with E-state index in [0.717, 1.165) is 30.9 Å². The summed E-state index contributed by atoms with van der Waals surface area (Å²) in [6.07, 6.45) is 4.39. The fourth-order valence-electron chi connectivity index (χ4n) is 2.16. The molecule has 0 aliphatic heterocycles. The van der Waals surface area contributed by atoms with Gasteiger partial charge in [0.2, 0.25) is 10.0 Å². The standard InChI is InChI=1S/C14H19FN2O3S/c1-9-7-11(21(16,19)20)8-12(13(9)15)14(18)17-6-2-3-10-4-5-10/h7-8,10H,2-6H2,1H3,(H,17,18)(H2,16,19,20). The fourth-order valence-corrected chi connectivity index (χ4v) is 2.78. The average molecular weight is 314 g/mol. The Balaban J connectivity index is 2.09. The number of carbonyl (C=O) groups is 1. The highest BCUT2D eigenvalue weighted by atomic mass is 32.2. The van der Waals surface area contributed by atoms with Crippen LogP contribution in [0.1, 0.15) is 41.6 Å². The summed E-state index contributed by atoms with van der Waals surface area (Å²) >= 11 is 0. The van der Waals surface area contributed by atoms with Gasteiger partial charge in [0.25, 0.3) is 5.91 Å². The van der Waals surface area contributed by atoms with Crippen LogP contribution in [-0.4, -0.2) is 20.9 Å². The summed E-state index contributed by atoms with van der Waals surface area (Å²) < 4.78 is 36.6. The number of aryl methyl sites for hydroxylation is 1. The maximum absolute atomic E-state index is 14.0. The van der Waals surface area contributed by atoms with Crippen LogP contribution in [0.25, 0.3) is 0 Å². The number of hydrogen-bond acceptors (Lipinski definition) is 3. The Morgan fingerprint density at radius 1 is 1.43 bits per heavy atom. The van der Waals surface area contributed by atoms with Crippen molar-refractivity contribution in [3.05, 3.63) is 29.1 Å². The zero-order chi connectivity index (χ0) is 15.6. The summed E-state index contributed by atoms with van der Waals surface area (Å²) in [7, 11) is -3.97. The molecule has 1 aliphatic carbocycles. The number of primary sulfonamides is 1. The van der Waals surface area contributed by atoms with Crippen LogP contribution in [-0.2, 0) is 10.0 Å². The molecule has 1 fully saturated rings. The lowest BCUT2D eigenvalue weighted by atomic mass is 10.1. The van der Waals surface area contributed by atoms with Gasteiger partial charge in [0, 0.05) is 6.54 Å². The molecular weight excluding hydrogens is 295 g/mol. The van der Waals surface area contributed by atoms with Crippen molar-refractivity contribution in [1.29, 1.82) is 0 Å². The molecule has 1 saturated carbocycles. The van der Waals surface area contributed by atoms with E-state index in [2.05, 4.69) is 5.32 Å². The molecule has 116 valence electrons. The molecular formula is C14H19FN2O3S. The molecule has 0 bridgehead atoms. The van der Waals surface area contributed by atoms with Crippen molar-refractivity contribution in [3.63, 3.8) is 0 Å². The highest BCUT2D eigenvalue weighted by Gasteiger charge is 2.21. The molecule has 5 nitrogen and oxygen atoms in total. The van der Waals surface area contributed by atoms with Gasteiger partial charge in [-0.1, -0.05) is 12.8 Å². The SMILES string of the molecule is Cc1cc(S(N)(=O)=O)cc(C(=O)NCCCC2CC2)c1F. The van der Waals surface area contributed by atoms with E-state index in [1.807, 2.05) is 0 Å². The van der Waals surface area contributed by atoms with Crippen molar-refractivity contribution in [3.8, 4) is 0 Å². The van der Waals surface area contributed by atoms with E-state index in [9.17, 15) is 17.6 Å². The Morgan fingerprint density at radius 2 is 2.10 bits per heavy atom. The van der Waals surface area contributed by atoms with Gasteiger partial charge in [0.05, 0.1) is 10.5 Å². The van der Waals surface area contributed by atoms with Crippen LogP contribution in [0, 0.1) is 18.7 Å². The van der Waals surface area contributed by atoms with E-state index in [0.29, 0.717) is 6.54 Å². The van der Waals surface area contributed by atoms with Crippen molar-refractivity contribution in [2.75, 3.05) is 6.54 Å². The van der Waals surface area contributed by atoms with Gasteiger partial charge in [-0.15, -0.1) is 0 Å². The minimum absolute atomic E-state index is 0.0738. The first-order chi connectivity index (χ1) is 9.79. The van der Waals surface area contributed by atoms with E-state index in [1.165, 1.54) is 19.8 Å². The first kappa shape index (κ1) is 15.9. The Hall–Kier alpha value is -1.47. The molecule has 1 aromatic rings. The van der Waals surface area contributed by atoms with Gasteiger partial charge in [0.1, 0.15) is 5.82 Å². The van der Waals surface area contributed by atoms with Crippen LogP contribution in [0.3, 0.4) is 0 Å². The van der Waals surface area contributed by atoms with Crippen molar-refractivity contribution < 1.29 is 17.6 Å². The lowest BCUT2D eigenvalue weighted by molar-refractivity contribution is 0.0948. The maximum atomic E-state index is 14.0. The molecule has 0 radical (unpaired) electrons. The predicted octanol–water partition coefficient (Wildman–Crippen LogP) is 1.70. The van der Waals surface area contributed by atoms with Crippen LogP contribution in [0.5, 0.6) is 0 Å². The summed E-state index contributed by atoms with van der Waals surface area (Å²) in [5.41, 5.74) is -0.213. The number of nitrogens with two attached hydrogens (primary N) is 1. The van der Waals surface area contributed by atoms with E-state index < -0.39 is 21.7 Å². The monoisotopic (exact) mass is 314 g/mol. The molecule has 1 aliphatic rings. The Morgan fingerprint density at radius 3 is 2.67 bits per heavy atom. The molecule has 1 amide bonds. The Bertz CT molecular complexity index is 654. The zero-order valence-electron chi connectivity index (χ0n) is 11.9. The van der Waals surface area contributed by atoms with Gasteiger partial charge in [-0.05, 0) is 43.4 Å². The number of carbonyl (C=O) groups excluding carboxylic acids is 1. The number of amides is 1. The molecule has 1 aromatic carbocycles. The van der Waals surface area contributed by atoms with Gasteiger partial charge in [-0.2, -0.15) is 0 Å². The molecule has 21 heavy (non-hydrogen) atoms. The summed E-state index contributed by atoms with van der Waals surface area (Å²) in [6, 6.07) is 2.10. The Kier molecular flexibility index (Phi) is 4.63. The second kappa shape index (κ2) is 6.11.